The average Bonchev–Trinajstić information content (AvgIpc) is 3.19. The molecule has 0 aliphatic carbocycles. The number of amides is 1. The number of hydrogen-bond acceptors (Lipinski definition) is 3. The molecule has 0 atom stereocenters. The van der Waals surface area contributed by atoms with Crippen molar-refractivity contribution in [1.82, 2.24) is 5.32 Å². The number of fused-ring (bicyclic) bond motifs is 1. The van der Waals surface area contributed by atoms with Crippen LogP contribution in [0.5, 0.6) is 11.5 Å². The second-order valence-electron chi connectivity index (χ2n) is 7.03. The van der Waals surface area contributed by atoms with Crippen molar-refractivity contribution in [2.45, 2.75) is 26.3 Å². The molecule has 0 saturated carbocycles. The molecule has 1 aliphatic rings. The molecule has 1 N–H and O–H groups in total. The van der Waals surface area contributed by atoms with Crippen LogP contribution in [0, 0.1) is 6.92 Å². The van der Waals surface area contributed by atoms with E-state index in [9.17, 15) is 4.79 Å². The molecule has 0 radical (unpaired) electrons. The summed E-state index contributed by atoms with van der Waals surface area (Å²) < 4.78 is 10.7. The van der Waals surface area contributed by atoms with E-state index >= 15 is 0 Å². The monoisotopic (exact) mass is 373 g/mol. The minimum absolute atomic E-state index is 0.0419. The van der Waals surface area contributed by atoms with Crippen LogP contribution in [0.4, 0.5) is 0 Å². The highest BCUT2D eigenvalue weighted by atomic mass is 16.7. The maximum absolute atomic E-state index is 12.2. The van der Waals surface area contributed by atoms with Crippen LogP contribution in [0.2, 0.25) is 0 Å². The van der Waals surface area contributed by atoms with E-state index in [0.29, 0.717) is 19.4 Å². The number of aryl methyl sites for hydroxylation is 2. The zero-order valence-corrected chi connectivity index (χ0v) is 15.9. The fourth-order valence-electron chi connectivity index (χ4n) is 3.20. The van der Waals surface area contributed by atoms with Gasteiger partial charge in [-0.3, -0.25) is 4.79 Å². The van der Waals surface area contributed by atoms with Gasteiger partial charge in [-0.2, -0.15) is 0 Å². The van der Waals surface area contributed by atoms with Crippen LogP contribution in [0.3, 0.4) is 0 Å². The molecule has 0 spiro atoms. The predicted octanol–water partition coefficient (Wildman–Crippen LogP) is 4.64. The molecular formula is C24H23NO3. The topological polar surface area (TPSA) is 47.6 Å². The van der Waals surface area contributed by atoms with Crippen LogP contribution in [-0.4, -0.2) is 12.7 Å². The van der Waals surface area contributed by atoms with Gasteiger partial charge in [0.25, 0.3) is 0 Å². The molecule has 0 saturated heterocycles. The number of carbonyl (C=O) groups excluding carboxylic acids is 1. The largest absolute Gasteiger partial charge is 0.454 e. The van der Waals surface area contributed by atoms with Gasteiger partial charge >= 0.3 is 0 Å². The Kier molecular flexibility index (Phi) is 5.29. The molecule has 1 amide bonds. The number of carbonyl (C=O) groups is 1. The van der Waals surface area contributed by atoms with Gasteiger partial charge in [-0.05, 0) is 47.7 Å². The number of hydrogen-bond donors (Lipinski definition) is 1. The van der Waals surface area contributed by atoms with Crippen LogP contribution in [0.1, 0.15) is 23.1 Å². The number of benzene rings is 3. The molecule has 1 aliphatic heterocycles. The Balaban J connectivity index is 1.27. The van der Waals surface area contributed by atoms with Crippen molar-refractivity contribution in [3.8, 4) is 22.6 Å². The van der Waals surface area contributed by atoms with Gasteiger partial charge in [0.1, 0.15) is 0 Å². The smallest absolute Gasteiger partial charge is 0.231 e. The van der Waals surface area contributed by atoms with Crippen molar-refractivity contribution in [3.05, 3.63) is 83.4 Å². The van der Waals surface area contributed by atoms with Crippen LogP contribution < -0.4 is 14.8 Å². The van der Waals surface area contributed by atoms with Crippen LogP contribution >= 0.6 is 0 Å². The van der Waals surface area contributed by atoms with Crippen LogP contribution in [-0.2, 0) is 17.8 Å². The van der Waals surface area contributed by atoms with Gasteiger partial charge in [0.2, 0.25) is 12.7 Å². The first kappa shape index (κ1) is 18.1. The van der Waals surface area contributed by atoms with Crippen molar-refractivity contribution >= 4 is 5.91 Å². The summed E-state index contributed by atoms with van der Waals surface area (Å²) in [5, 5.41) is 2.99. The molecule has 0 fully saturated rings. The molecule has 4 rings (SSSR count). The second-order valence-corrected chi connectivity index (χ2v) is 7.03. The third-order valence-corrected chi connectivity index (χ3v) is 4.91. The fraction of sp³-hybridized carbons (Fsp3) is 0.208. The van der Waals surface area contributed by atoms with Crippen molar-refractivity contribution < 1.29 is 14.3 Å². The third-order valence-electron chi connectivity index (χ3n) is 4.91. The Morgan fingerprint density at radius 1 is 0.857 bits per heavy atom. The van der Waals surface area contributed by atoms with Crippen LogP contribution in [0.25, 0.3) is 11.1 Å². The average molecular weight is 373 g/mol. The van der Waals surface area contributed by atoms with E-state index in [1.165, 1.54) is 16.7 Å². The lowest BCUT2D eigenvalue weighted by molar-refractivity contribution is -0.121. The minimum atomic E-state index is 0.0419. The summed E-state index contributed by atoms with van der Waals surface area (Å²) >= 11 is 0. The highest BCUT2D eigenvalue weighted by Gasteiger charge is 2.13. The van der Waals surface area contributed by atoms with Gasteiger partial charge < -0.3 is 14.8 Å². The zero-order valence-electron chi connectivity index (χ0n) is 15.9. The molecule has 4 nitrogen and oxygen atoms in total. The normalized spacial score (nSPS) is 12.0. The lowest BCUT2D eigenvalue weighted by Crippen LogP contribution is -2.22. The van der Waals surface area contributed by atoms with Crippen molar-refractivity contribution in [1.29, 1.82) is 0 Å². The molecule has 0 aromatic heterocycles. The van der Waals surface area contributed by atoms with Crippen molar-refractivity contribution in [2.24, 2.45) is 0 Å². The number of ether oxygens (including phenoxy) is 2. The summed E-state index contributed by atoms with van der Waals surface area (Å²) in [6.07, 6.45) is 1.12. The SMILES string of the molecule is Cc1ccc(-c2ccc(CNC(=O)CCc3ccc4c(c3)OCO4)cc2)cc1. The Labute approximate surface area is 165 Å². The standard InChI is InChI=1S/C24H23NO3/c1-17-2-8-20(9-3-17)21-10-4-19(5-11-21)15-25-24(26)13-7-18-6-12-22-23(14-18)28-16-27-22/h2-6,8-12,14H,7,13,15-16H2,1H3,(H,25,26). The molecule has 1 heterocycles. The Morgan fingerprint density at radius 3 is 2.25 bits per heavy atom. The highest BCUT2D eigenvalue weighted by molar-refractivity contribution is 5.76. The fourth-order valence-corrected chi connectivity index (χ4v) is 3.20. The second kappa shape index (κ2) is 8.17. The van der Waals surface area contributed by atoms with E-state index in [4.69, 9.17) is 9.47 Å². The van der Waals surface area contributed by atoms with Crippen LogP contribution in [0.15, 0.2) is 66.7 Å². The van der Waals surface area contributed by atoms with E-state index in [2.05, 4.69) is 60.8 Å². The summed E-state index contributed by atoms with van der Waals surface area (Å²) in [5.41, 5.74) is 5.79. The van der Waals surface area contributed by atoms with Gasteiger partial charge in [0.15, 0.2) is 11.5 Å². The first-order chi connectivity index (χ1) is 13.7. The molecule has 4 heteroatoms. The van der Waals surface area contributed by atoms with Gasteiger partial charge in [-0.25, -0.2) is 0 Å². The van der Waals surface area contributed by atoms with E-state index < -0.39 is 0 Å². The molecule has 0 unspecified atom stereocenters. The Bertz CT molecular complexity index is 962. The molecular weight excluding hydrogens is 350 g/mol. The van der Waals surface area contributed by atoms with Gasteiger partial charge in [0, 0.05) is 13.0 Å². The Morgan fingerprint density at radius 2 is 1.50 bits per heavy atom. The van der Waals surface area contributed by atoms with E-state index in [1.54, 1.807) is 0 Å². The third kappa shape index (κ3) is 4.34. The summed E-state index contributed by atoms with van der Waals surface area (Å²) in [7, 11) is 0. The molecule has 28 heavy (non-hydrogen) atoms. The summed E-state index contributed by atoms with van der Waals surface area (Å²) in [5.74, 6) is 1.56. The number of nitrogens with one attached hydrogen (secondary N) is 1. The first-order valence-electron chi connectivity index (χ1n) is 9.48. The lowest BCUT2D eigenvalue weighted by atomic mass is 10.0. The molecule has 0 bridgehead atoms. The summed E-state index contributed by atoms with van der Waals surface area (Å²) in [4.78, 5) is 12.2. The van der Waals surface area contributed by atoms with E-state index in [1.807, 2.05) is 18.2 Å². The minimum Gasteiger partial charge on any atom is -0.454 e. The van der Waals surface area contributed by atoms with Gasteiger partial charge in [-0.15, -0.1) is 0 Å². The highest BCUT2D eigenvalue weighted by Crippen LogP contribution is 2.32. The van der Waals surface area contributed by atoms with Crippen molar-refractivity contribution in [3.63, 3.8) is 0 Å². The number of rotatable bonds is 6. The molecule has 142 valence electrons. The van der Waals surface area contributed by atoms with E-state index in [-0.39, 0.29) is 12.7 Å². The summed E-state index contributed by atoms with van der Waals surface area (Å²) in [6.45, 7) is 2.89. The quantitative estimate of drug-likeness (QED) is 0.685. The maximum Gasteiger partial charge on any atom is 0.231 e. The lowest BCUT2D eigenvalue weighted by Gasteiger charge is -2.08. The Hall–Kier alpha value is -3.27. The van der Waals surface area contributed by atoms with Crippen molar-refractivity contribution in [2.75, 3.05) is 6.79 Å². The van der Waals surface area contributed by atoms with Gasteiger partial charge in [0.05, 0.1) is 0 Å². The first-order valence-corrected chi connectivity index (χ1v) is 9.48. The zero-order chi connectivity index (χ0) is 19.3. The predicted molar refractivity (Wildman–Crippen MR) is 109 cm³/mol. The molecule has 3 aromatic rings. The molecule has 3 aromatic carbocycles. The van der Waals surface area contributed by atoms with Gasteiger partial charge in [-0.1, -0.05) is 60.2 Å². The maximum atomic E-state index is 12.2. The summed E-state index contributed by atoms with van der Waals surface area (Å²) in [6, 6.07) is 22.6. The van der Waals surface area contributed by atoms with E-state index in [0.717, 1.165) is 22.6 Å².